The molecule has 356 valence electrons. The number of halogens is 2. The highest BCUT2D eigenvalue weighted by Crippen LogP contribution is 2.27. The Morgan fingerprint density at radius 2 is 0.971 bits per heavy atom. The van der Waals surface area contributed by atoms with Crippen molar-refractivity contribution in [2.45, 2.75) is 63.9 Å². The molecule has 7 heterocycles. The van der Waals surface area contributed by atoms with Crippen LogP contribution in [0.3, 0.4) is 0 Å². The van der Waals surface area contributed by atoms with Crippen molar-refractivity contribution in [3.63, 3.8) is 0 Å². The van der Waals surface area contributed by atoms with Gasteiger partial charge >= 0.3 is 0 Å². The van der Waals surface area contributed by atoms with Crippen LogP contribution < -0.4 is 10.6 Å². The zero-order valence-electron chi connectivity index (χ0n) is 39.2. The lowest BCUT2D eigenvalue weighted by molar-refractivity contribution is 0.0965. The Morgan fingerprint density at radius 1 is 0.507 bits per heavy atom. The van der Waals surface area contributed by atoms with Gasteiger partial charge in [-0.25, -0.2) is 4.98 Å². The van der Waals surface area contributed by atoms with Crippen LogP contribution in [0.2, 0.25) is 10.0 Å². The minimum Gasteiger partial charge on any atom is -0.383 e. The maximum absolute atomic E-state index is 6.13. The van der Waals surface area contributed by atoms with Crippen LogP contribution in [0.15, 0.2) is 153 Å². The lowest BCUT2D eigenvalue weighted by Gasteiger charge is -2.39. The quantitative estimate of drug-likeness (QED) is 0.0763. The predicted octanol–water partition coefficient (Wildman–Crippen LogP) is 10.4. The molecule has 0 spiro atoms. The Bertz CT molecular complexity index is 2730. The fourth-order valence-corrected chi connectivity index (χ4v) is 10.1. The number of piperidine rings is 2. The molecule has 0 radical (unpaired) electrons. The van der Waals surface area contributed by atoms with E-state index in [0.717, 1.165) is 135 Å². The summed E-state index contributed by atoms with van der Waals surface area (Å²) in [4.78, 5) is 35.3. The van der Waals surface area contributed by atoms with Gasteiger partial charge in [-0.2, -0.15) is 0 Å². The largest absolute Gasteiger partial charge is 0.383 e. The molecule has 5 aromatic heterocycles. The molecule has 0 saturated carbocycles. The molecule has 10 rings (SSSR count). The SMILES string of the molecule is Clc1ccc2c(NCCN3CCC(N(Cc4ccccc4)Cc4ccncc4)CC3)ccnc2c1.Clc1ccc2c(NCCN3CCC(N(Cc4ccncc4)Cc4ncc[nH]4)CC3)ccnc2c1. The van der Waals surface area contributed by atoms with Gasteiger partial charge in [-0.3, -0.25) is 29.7 Å². The number of benzene rings is 3. The number of nitrogens with one attached hydrogen (secondary N) is 3. The normalized spacial score (nSPS) is 15.1. The Labute approximate surface area is 416 Å². The van der Waals surface area contributed by atoms with Gasteiger partial charge in [0.1, 0.15) is 5.82 Å². The highest BCUT2D eigenvalue weighted by molar-refractivity contribution is 6.31. The lowest BCUT2D eigenvalue weighted by atomic mass is 10.0. The zero-order valence-corrected chi connectivity index (χ0v) is 40.7. The van der Waals surface area contributed by atoms with Crippen LogP contribution in [-0.4, -0.2) is 114 Å². The first-order valence-electron chi connectivity index (χ1n) is 24.3. The summed E-state index contributed by atoms with van der Waals surface area (Å²) in [5.74, 6) is 1.02. The molecule has 2 aliphatic rings. The van der Waals surface area contributed by atoms with E-state index in [1.54, 1.807) is 0 Å². The summed E-state index contributed by atoms with van der Waals surface area (Å²) in [6, 6.07) is 36.3. The Morgan fingerprint density at radius 3 is 1.43 bits per heavy atom. The van der Waals surface area contributed by atoms with Crippen LogP contribution >= 0.6 is 23.2 Å². The van der Waals surface area contributed by atoms with Gasteiger partial charge in [0.25, 0.3) is 0 Å². The van der Waals surface area contributed by atoms with Crippen LogP contribution in [0.25, 0.3) is 21.8 Å². The molecule has 0 amide bonds. The second kappa shape index (κ2) is 24.5. The molecule has 0 bridgehead atoms. The number of aromatic amines is 1. The topological polar surface area (TPSA) is 117 Å². The summed E-state index contributed by atoms with van der Waals surface area (Å²) in [5.41, 5.74) is 8.07. The van der Waals surface area contributed by atoms with Gasteiger partial charge in [-0.05, 0) is 141 Å². The third kappa shape index (κ3) is 13.8. The average molecular weight is 962 g/mol. The van der Waals surface area contributed by atoms with E-state index in [0.29, 0.717) is 17.1 Å². The van der Waals surface area contributed by atoms with E-state index in [1.807, 2.05) is 98.1 Å². The van der Waals surface area contributed by atoms with Crippen molar-refractivity contribution < 1.29 is 0 Å². The molecular weight excluding hydrogens is 900 g/mol. The second-order valence-electron chi connectivity index (χ2n) is 18.1. The summed E-state index contributed by atoms with van der Waals surface area (Å²) in [7, 11) is 0. The maximum atomic E-state index is 6.13. The van der Waals surface area contributed by atoms with E-state index in [1.165, 1.54) is 29.5 Å². The molecule has 2 fully saturated rings. The first-order chi connectivity index (χ1) is 34.0. The molecule has 3 aromatic carbocycles. The third-order valence-corrected chi connectivity index (χ3v) is 13.9. The fraction of sp³-hybridized carbons (Fsp3) is 0.327. The molecule has 12 nitrogen and oxygen atoms in total. The predicted molar refractivity (Wildman–Crippen MR) is 281 cm³/mol. The van der Waals surface area contributed by atoms with Crippen molar-refractivity contribution in [1.29, 1.82) is 0 Å². The summed E-state index contributed by atoms with van der Waals surface area (Å²) >= 11 is 12.2. The standard InChI is InChI=1S/C29H32ClN5.C26H30ClN7/c30-25-6-7-27-28(10-15-32-29(27)20-25)33-16-19-34-17-11-26(12-18-34)35(21-23-4-2-1-3-5-23)22-24-8-13-31-14-9-24;27-21-1-2-23-24(5-10-29-25(23)17-21)30-13-16-33-14-6-22(7-15-33)34(19-26-31-11-12-32-26)18-20-3-8-28-9-4-20/h1-10,13-15,20,26H,11-12,16-19,21-22H2,(H,32,33);1-5,8-12,17,22H,6-7,13-16,18-19H2,(H,29,30)(H,31,32). The van der Waals surface area contributed by atoms with Crippen molar-refractivity contribution in [1.82, 2.24) is 49.5 Å². The number of nitrogens with zero attached hydrogens (tertiary/aromatic N) is 9. The minimum atomic E-state index is 0.538. The molecule has 69 heavy (non-hydrogen) atoms. The van der Waals surface area contributed by atoms with E-state index in [2.05, 4.69) is 115 Å². The molecule has 8 aromatic rings. The number of rotatable bonds is 18. The van der Waals surface area contributed by atoms with Crippen LogP contribution in [-0.2, 0) is 26.2 Å². The van der Waals surface area contributed by atoms with Crippen molar-refractivity contribution in [2.75, 3.05) is 63.0 Å². The highest BCUT2D eigenvalue weighted by Gasteiger charge is 2.27. The van der Waals surface area contributed by atoms with E-state index in [4.69, 9.17) is 23.2 Å². The van der Waals surface area contributed by atoms with Crippen molar-refractivity contribution in [3.05, 3.63) is 185 Å². The number of hydrogen-bond donors (Lipinski definition) is 3. The molecule has 0 aliphatic carbocycles. The zero-order chi connectivity index (χ0) is 47.0. The Kier molecular flexibility index (Phi) is 17.1. The molecule has 3 N–H and O–H groups in total. The smallest absolute Gasteiger partial charge is 0.120 e. The van der Waals surface area contributed by atoms with E-state index in [9.17, 15) is 0 Å². The van der Waals surface area contributed by atoms with Gasteiger partial charge in [-0.15, -0.1) is 0 Å². The van der Waals surface area contributed by atoms with Gasteiger partial charge in [0.05, 0.1) is 17.6 Å². The van der Waals surface area contributed by atoms with E-state index in [-0.39, 0.29) is 0 Å². The van der Waals surface area contributed by atoms with Gasteiger partial charge in [0.15, 0.2) is 0 Å². The van der Waals surface area contributed by atoms with Gasteiger partial charge in [0.2, 0.25) is 0 Å². The van der Waals surface area contributed by atoms with Crippen molar-refractivity contribution >= 4 is 56.4 Å². The molecule has 2 saturated heterocycles. The first kappa shape index (κ1) is 48.1. The van der Waals surface area contributed by atoms with Crippen LogP contribution in [0.1, 0.15) is 48.2 Å². The van der Waals surface area contributed by atoms with Crippen LogP contribution in [0, 0.1) is 0 Å². The van der Waals surface area contributed by atoms with Crippen LogP contribution in [0.5, 0.6) is 0 Å². The highest BCUT2D eigenvalue weighted by atomic mass is 35.5. The van der Waals surface area contributed by atoms with Crippen LogP contribution in [0.4, 0.5) is 11.4 Å². The Balaban J connectivity index is 0.000000172. The summed E-state index contributed by atoms with van der Waals surface area (Å²) < 4.78 is 0. The summed E-state index contributed by atoms with van der Waals surface area (Å²) in [6.07, 6.45) is 19.6. The van der Waals surface area contributed by atoms with E-state index >= 15 is 0 Å². The summed E-state index contributed by atoms with van der Waals surface area (Å²) in [6.45, 7) is 12.0. The van der Waals surface area contributed by atoms with E-state index < -0.39 is 0 Å². The number of hydrogen-bond acceptors (Lipinski definition) is 11. The molecule has 0 unspecified atom stereocenters. The number of H-pyrrole nitrogens is 1. The fourth-order valence-electron chi connectivity index (χ4n) is 9.73. The average Bonchev–Trinajstić information content (AvgIpc) is 3.91. The molecule has 0 atom stereocenters. The molecule has 14 heteroatoms. The second-order valence-corrected chi connectivity index (χ2v) is 19.0. The first-order valence-corrected chi connectivity index (χ1v) is 25.0. The van der Waals surface area contributed by atoms with Crippen molar-refractivity contribution in [2.24, 2.45) is 0 Å². The number of pyridine rings is 4. The van der Waals surface area contributed by atoms with Gasteiger partial charge < -0.3 is 25.4 Å². The van der Waals surface area contributed by atoms with Crippen molar-refractivity contribution in [3.8, 4) is 0 Å². The third-order valence-electron chi connectivity index (χ3n) is 13.4. The number of likely N-dealkylation sites (tertiary alicyclic amines) is 2. The molecular formula is C55H62Cl2N12. The minimum absolute atomic E-state index is 0.538. The lowest BCUT2D eigenvalue weighted by Crippen LogP contribution is -2.45. The maximum Gasteiger partial charge on any atom is 0.120 e. The van der Waals surface area contributed by atoms with Gasteiger partial charge in [0, 0.05) is 140 Å². The number of imidazole rings is 1. The number of anilines is 2. The number of fused-ring (bicyclic) bond motifs is 2. The monoisotopic (exact) mass is 960 g/mol. The Hall–Kier alpha value is -5.99. The van der Waals surface area contributed by atoms with Gasteiger partial charge in [-0.1, -0.05) is 53.5 Å². The molecule has 2 aliphatic heterocycles. The number of aromatic nitrogens is 6. The summed E-state index contributed by atoms with van der Waals surface area (Å²) in [5, 5.41) is 10.9.